The van der Waals surface area contributed by atoms with E-state index in [9.17, 15) is 9.59 Å². The minimum atomic E-state index is -0.905. The normalized spacial score (nSPS) is 13.6. The summed E-state index contributed by atoms with van der Waals surface area (Å²) in [5.74, 6) is 0.232. The average Bonchev–Trinajstić information content (AvgIpc) is 3.26. The number of carbonyl (C=O) groups is 2. The molecule has 1 aromatic heterocycles. The number of esters is 1. The average molecular weight is 337 g/mol. The number of fused-ring (bicyclic) bond motifs is 2. The van der Waals surface area contributed by atoms with Crippen molar-refractivity contribution in [2.75, 3.05) is 6.79 Å². The van der Waals surface area contributed by atoms with Gasteiger partial charge in [0.2, 0.25) is 12.6 Å². The molecule has 1 unspecified atom stereocenters. The third-order valence-corrected chi connectivity index (χ3v) is 4.12. The Balaban J connectivity index is 1.52. The maximum absolute atomic E-state index is 12.6. The zero-order valence-electron chi connectivity index (χ0n) is 13.4. The Morgan fingerprint density at radius 1 is 1.12 bits per heavy atom. The lowest BCUT2D eigenvalue weighted by molar-refractivity contribution is 0.0319. The molecule has 0 aliphatic carbocycles. The molecule has 4 rings (SSSR count). The molecule has 0 saturated carbocycles. The largest absolute Gasteiger partial charge is 0.454 e. The number of aromatic nitrogens is 1. The van der Waals surface area contributed by atoms with Crippen LogP contribution in [0, 0.1) is 0 Å². The van der Waals surface area contributed by atoms with Gasteiger partial charge < -0.3 is 19.2 Å². The van der Waals surface area contributed by atoms with Crippen LogP contribution < -0.4 is 9.47 Å². The van der Waals surface area contributed by atoms with Crippen LogP contribution in [0.4, 0.5) is 0 Å². The summed E-state index contributed by atoms with van der Waals surface area (Å²) in [6.07, 6.45) is 0.731. The zero-order valence-corrected chi connectivity index (χ0v) is 13.4. The van der Waals surface area contributed by atoms with E-state index in [1.807, 2.05) is 24.3 Å². The smallest absolute Gasteiger partial charge is 0.338 e. The molecule has 3 aromatic rings. The Bertz CT molecular complexity index is 975. The molecule has 2 aromatic carbocycles. The van der Waals surface area contributed by atoms with E-state index in [0.29, 0.717) is 22.6 Å². The van der Waals surface area contributed by atoms with E-state index in [1.165, 1.54) is 0 Å². The second kappa shape index (κ2) is 5.98. The first-order valence-electron chi connectivity index (χ1n) is 7.84. The van der Waals surface area contributed by atoms with Gasteiger partial charge in [0.15, 0.2) is 17.6 Å². The van der Waals surface area contributed by atoms with Crippen LogP contribution in [0.2, 0.25) is 0 Å². The molecule has 0 radical (unpaired) electrons. The van der Waals surface area contributed by atoms with Crippen LogP contribution in [0.3, 0.4) is 0 Å². The summed E-state index contributed by atoms with van der Waals surface area (Å²) < 4.78 is 15.8. The molecule has 2 heterocycles. The standard InChI is InChI=1S/C19H15NO5/c1-11(18(21)14-9-20-15-5-3-2-4-13(14)15)25-19(22)12-6-7-16-17(8-12)24-10-23-16/h2-9,11,20H,10H2,1H3. The van der Waals surface area contributed by atoms with Crippen LogP contribution in [-0.4, -0.2) is 29.6 Å². The number of aromatic amines is 1. The van der Waals surface area contributed by atoms with E-state index < -0.39 is 12.1 Å². The summed E-state index contributed by atoms with van der Waals surface area (Å²) in [4.78, 5) is 28.0. The van der Waals surface area contributed by atoms with Crippen LogP contribution in [0.25, 0.3) is 10.9 Å². The number of carbonyl (C=O) groups excluding carboxylic acids is 2. The first-order chi connectivity index (χ1) is 12.1. The summed E-state index contributed by atoms with van der Waals surface area (Å²) in [5.41, 5.74) is 1.67. The molecule has 0 fully saturated rings. The highest BCUT2D eigenvalue weighted by Crippen LogP contribution is 2.32. The molecule has 0 saturated heterocycles. The van der Waals surface area contributed by atoms with Crippen molar-refractivity contribution >= 4 is 22.7 Å². The summed E-state index contributed by atoms with van der Waals surface area (Å²) in [6, 6.07) is 12.3. The van der Waals surface area contributed by atoms with Gasteiger partial charge in [-0.3, -0.25) is 4.79 Å². The maximum Gasteiger partial charge on any atom is 0.338 e. The number of Topliss-reactive ketones (excluding diaryl/α,β-unsaturated/α-hetero) is 1. The van der Waals surface area contributed by atoms with Crippen molar-refractivity contribution in [3.8, 4) is 11.5 Å². The molecule has 6 nitrogen and oxygen atoms in total. The molecule has 1 aliphatic rings. The van der Waals surface area contributed by atoms with Gasteiger partial charge in [-0.15, -0.1) is 0 Å². The summed E-state index contributed by atoms with van der Waals surface area (Å²) in [7, 11) is 0. The molecule has 0 spiro atoms. The van der Waals surface area contributed by atoms with Crippen LogP contribution in [0.15, 0.2) is 48.7 Å². The number of hydrogen-bond donors (Lipinski definition) is 1. The number of ketones is 1. The third-order valence-electron chi connectivity index (χ3n) is 4.12. The van der Waals surface area contributed by atoms with Gasteiger partial charge >= 0.3 is 5.97 Å². The van der Waals surface area contributed by atoms with Gasteiger partial charge in [-0.25, -0.2) is 4.79 Å². The first-order valence-corrected chi connectivity index (χ1v) is 7.84. The predicted molar refractivity (Wildman–Crippen MR) is 90.1 cm³/mol. The Morgan fingerprint density at radius 3 is 2.80 bits per heavy atom. The van der Waals surface area contributed by atoms with Gasteiger partial charge in [0, 0.05) is 22.7 Å². The lowest BCUT2D eigenvalue weighted by atomic mass is 10.1. The topological polar surface area (TPSA) is 77.6 Å². The summed E-state index contributed by atoms with van der Waals surface area (Å²) >= 11 is 0. The fourth-order valence-corrected chi connectivity index (χ4v) is 2.80. The molecular weight excluding hydrogens is 322 g/mol. The maximum atomic E-state index is 12.6. The van der Waals surface area contributed by atoms with Crippen LogP contribution >= 0.6 is 0 Å². The number of H-pyrrole nitrogens is 1. The number of ether oxygens (including phenoxy) is 3. The van der Waals surface area contributed by atoms with Crippen molar-refractivity contribution in [3.05, 3.63) is 59.8 Å². The van der Waals surface area contributed by atoms with Crippen molar-refractivity contribution in [2.24, 2.45) is 0 Å². The molecule has 25 heavy (non-hydrogen) atoms. The molecule has 1 N–H and O–H groups in total. The highest BCUT2D eigenvalue weighted by atomic mass is 16.7. The molecular formula is C19H15NO5. The highest BCUT2D eigenvalue weighted by Gasteiger charge is 2.24. The van der Waals surface area contributed by atoms with Gasteiger partial charge in [-0.05, 0) is 31.2 Å². The predicted octanol–water partition coefficient (Wildman–Crippen LogP) is 3.32. The van der Waals surface area contributed by atoms with Crippen molar-refractivity contribution in [2.45, 2.75) is 13.0 Å². The van der Waals surface area contributed by atoms with Crippen molar-refractivity contribution in [3.63, 3.8) is 0 Å². The fourth-order valence-electron chi connectivity index (χ4n) is 2.80. The van der Waals surface area contributed by atoms with Crippen LogP contribution in [0.5, 0.6) is 11.5 Å². The number of rotatable bonds is 4. The third kappa shape index (κ3) is 2.71. The Hall–Kier alpha value is -3.28. The van der Waals surface area contributed by atoms with Crippen molar-refractivity contribution in [1.29, 1.82) is 0 Å². The van der Waals surface area contributed by atoms with Crippen LogP contribution in [0.1, 0.15) is 27.6 Å². The first kappa shape index (κ1) is 15.3. The summed E-state index contributed by atoms with van der Waals surface area (Å²) in [6.45, 7) is 1.69. The number of para-hydroxylation sites is 1. The molecule has 1 aliphatic heterocycles. The van der Waals surface area contributed by atoms with E-state index in [4.69, 9.17) is 14.2 Å². The second-order valence-corrected chi connectivity index (χ2v) is 5.73. The Morgan fingerprint density at radius 2 is 1.92 bits per heavy atom. The van der Waals surface area contributed by atoms with Crippen LogP contribution in [-0.2, 0) is 4.74 Å². The number of benzene rings is 2. The molecule has 0 amide bonds. The van der Waals surface area contributed by atoms with E-state index in [1.54, 1.807) is 31.3 Å². The quantitative estimate of drug-likeness (QED) is 0.584. The SMILES string of the molecule is CC(OC(=O)c1ccc2c(c1)OCO2)C(=O)c1c[nH]c2ccccc12. The van der Waals surface area contributed by atoms with E-state index >= 15 is 0 Å². The zero-order chi connectivity index (χ0) is 17.4. The van der Waals surface area contributed by atoms with E-state index in [2.05, 4.69) is 4.98 Å². The van der Waals surface area contributed by atoms with Gasteiger partial charge in [-0.2, -0.15) is 0 Å². The van der Waals surface area contributed by atoms with E-state index in [-0.39, 0.29) is 12.6 Å². The number of nitrogens with one attached hydrogen (secondary N) is 1. The van der Waals surface area contributed by atoms with Gasteiger partial charge in [-0.1, -0.05) is 18.2 Å². The van der Waals surface area contributed by atoms with E-state index in [0.717, 1.165) is 10.9 Å². The molecule has 0 bridgehead atoms. The molecule has 1 atom stereocenters. The molecule has 6 heteroatoms. The van der Waals surface area contributed by atoms with Gasteiger partial charge in [0.25, 0.3) is 0 Å². The van der Waals surface area contributed by atoms with Crippen molar-refractivity contribution < 1.29 is 23.8 Å². The Kier molecular flexibility index (Phi) is 3.65. The summed E-state index contributed by atoms with van der Waals surface area (Å²) in [5, 5.41) is 0.804. The Labute approximate surface area is 143 Å². The number of hydrogen-bond acceptors (Lipinski definition) is 5. The minimum Gasteiger partial charge on any atom is -0.454 e. The van der Waals surface area contributed by atoms with Gasteiger partial charge in [0.05, 0.1) is 5.56 Å². The molecule has 126 valence electrons. The van der Waals surface area contributed by atoms with Gasteiger partial charge in [0.1, 0.15) is 0 Å². The lowest BCUT2D eigenvalue weighted by Crippen LogP contribution is -2.24. The fraction of sp³-hybridized carbons (Fsp3) is 0.158. The lowest BCUT2D eigenvalue weighted by Gasteiger charge is -2.12. The highest BCUT2D eigenvalue weighted by molar-refractivity contribution is 6.10. The second-order valence-electron chi connectivity index (χ2n) is 5.73. The minimum absolute atomic E-state index is 0.128. The monoisotopic (exact) mass is 337 g/mol. The van der Waals surface area contributed by atoms with Crippen molar-refractivity contribution in [1.82, 2.24) is 4.98 Å².